The maximum atomic E-state index is 12.3. The van der Waals surface area contributed by atoms with Crippen LogP contribution >= 0.6 is 11.3 Å². The third-order valence-electron chi connectivity index (χ3n) is 3.60. The minimum absolute atomic E-state index is 0.0430. The summed E-state index contributed by atoms with van der Waals surface area (Å²) < 4.78 is 0. The molecule has 1 amide bonds. The van der Waals surface area contributed by atoms with Gasteiger partial charge in [-0.3, -0.25) is 9.59 Å². The number of aliphatic carboxylic acids is 1. The van der Waals surface area contributed by atoms with Gasteiger partial charge in [0, 0.05) is 11.5 Å². The lowest BCUT2D eigenvalue weighted by molar-refractivity contribution is -0.141. The first-order chi connectivity index (χ1) is 9.29. The lowest BCUT2D eigenvalue weighted by Crippen LogP contribution is -2.34. The van der Waals surface area contributed by atoms with E-state index in [1.54, 1.807) is 5.51 Å². The molecular formula is C14H20N2O3S. The Bertz CT molecular complexity index is 519. The van der Waals surface area contributed by atoms with Crippen molar-refractivity contribution in [3.05, 3.63) is 16.1 Å². The van der Waals surface area contributed by atoms with Crippen molar-refractivity contribution >= 4 is 23.2 Å². The fraction of sp³-hybridized carbons (Fsp3) is 0.643. The molecule has 110 valence electrons. The van der Waals surface area contributed by atoms with Gasteiger partial charge >= 0.3 is 5.97 Å². The van der Waals surface area contributed by atoms with Crippen molar-refractivity contribution in [2.45, 2.75) is 51.5 Å². The van der Waals surface area contributed by atoms with E-state index in [2.05, 4.69) is 10.3 Å². The lowest BCUT2D eigenvalue weighted by atomic mass is 9.91. The number of thiazole rings is 1. The summed E-state index contributed by atoms with van der Waals surface area (Å²) in [5.74, 6) is -1.23. The maximum absolute atomic E-state index is 12.3. The number of carboxylic acids is 1. The molecule has 1 saturated carbocycles. The second kappa shape index (κ2) is 5.52. The van der Waals surface area contributed by atoms with Crippen molar-refractivity contribution in [3.8, 4) is 0 Å². The molecule has 1 aromatic rings. The van der Waals surface area contributed by atoms with Crippen LogP contribution in [0, 0.1) is 5.92 Å². The quantitative estimate of drug-likeness (QED) is 0.897. The Hall–Kier alpha value is -1.43. The number of hydrogen-bond acceptors (Lipinski definition) is 4. The van der Waals surface area contributed by atoms with Crippen molar-refractivity contribution in [3.63, 3.8) is 0 Å². The van der Waals surface area contributed by atoms with Gasteiger partial charge in [-0.15, -0.1) is 11.3 Å². The van der Waals surface area contributed by atoms with Gasteiger partial charge in [-0.05, 0) is 19.3 Å². The Labute approximate surface area is 122 Å². The van der Waals surface area contributed by atoms with Gasteiger partial charge in [0.1, 0.15) is 4.88 Å². The smallest absolute Gasteiger partial charge is 0.306 e. The van der Waals surface area contributed by atoms with Crippen LogP contribution in [0.4, 0.5) is 0 Å². The molecule has 1 aromatic heterocycles. The van der Waals surface area contributed by atoms with E-state index in [1.807, 2.05) is 20.8 Å². The molecule has 1 aliphatic rings. The second-order valence-electron chi connectivity index (χ2n) is 6.30. The number of amides is 1. The molecule has 2 rings (SSSR count). The Balaban J connectivity index is 2.03. The fourth-order valence-corrected chi connectivity index (χ4v) is 3.43. The monoisotopic (exact) mass is 296 g/mol. The van der Waals surface area contributed by atoms with E-state index in [-0.39, 0.29) is 23.3 Å². The van der Waals surface area contributed by atoms with Crippen molar-refractivity contribution < 1.29 is 14.7 Å². The van der Waals surface area contributed by atoms with Crippen LogP contribution in [0.3, 0.4) is 0 Å². The second-order valence-corrected chi connectivity index (χ2v) is 7.15. The average molecular weight is 296 g/mol. The third-order valence-corrected chi connectivity index (χ3v) is 4.43. The molecule has 0 spiro atoms. The summed E-state index contributed by atoms with van der Waals surface area (Å²) in [6.07, 6.45) is 1.88. The zero-order valence-electron chi connectivity index (χ0n) is 12.0. The number of aromatic nitrogens is 1. The summed E-state index contributed by atoms with van der Waals surface area (Å²) >= 11 is 1.34. The van der Waals surface area contributed by atoms with Gasteiger partial charge in [0.2, 0.25) is 0 Å². The van der Waals surface area contributed by atoms with E-state index < -0.39 is 5.97 Å². The normalized spacial score (nSPS) is 22.8. The molecule has 1 aliphatic carbocycles. The summed E-state index contributed by atoms with van der Waals surface area (Å²) in [5, 5.41) is 11.9. The molecular weight excluding hydrogens is 276 g/mol. The average Bonchev–Trinajstić information content (AvgIpc) is 2.95. The maximum Gasteiger partial charge on any atom is 0.306 e. The highest BCUT2D eigenvalue weighted by Gasteiger charge is 2.32. The summed E-state index contributed by atoms with van der Waals surface area (Å²) in [4.78, 5) is 28.2. The molecule has 5 nitrogen and oxygen atoms in total. The number of rotatable bonds is 3. The highest BCUT2D eigenvalue weighted by molar-refractivity contribution is 7.11. The zero-order chi connectivity index (χ0) is 14.9. The zero-order valence-corrected chi connectivity index (χ0v) is 12.8. The largest absolute Gasteiger partial charge is 0.481 e. The van der Waals surface area contributed by atoms with Gasteiger partial charge in [-0.1, -0.05) is 20.8 Å². The highest BCUT2D eigenvalue weighted by atomic mass is 32.1. The predicted molar refractivity (Wildman–Crippen MR) is 77.0 cm³/mol. The minimum atomic E-state index is -0.769. The number of carbonyl (C=O) groups excluding carboxylic acids is 1. The molecule has 2 N–H and O–H groups in total. The topological polar surface area (TPSA) is 79.3 Å². The first kappa shape index (κ1) is 15.0. The summed E-state index contributed by atoms with van der Waals surface area (Å²) in [5.41, 5.74) is 2.31. The van der Waals surface area contributed by atoms with Crippen molar-refractivity contribution in [2.24, 2.45) is 5.92 Å². The molecule has 0 aromatic carbocycles. The van der Waals surface area contributed by atoms with Crippen molar-refractivity contribution in [2.75, 3.05) is 0 Å². The summed E-state index contributed by atoms with van der Waals surface area (Å²) in [6, 6.07) is -0.0430. The first-order valence-corrected chi connectivity index (χ1v) is 7.64. The van der Waals surface area contributed by atoms with Gasteiger partial charge in [0.25, 0.3) is 5.91 Å². The summed E-state index contributed by atoms with van der Waals surface area (Å²) in [7, 11) is 0. The Morgan fingerprint density at radius 3 is 2.65 bits per heavy atom. The van der Waals surface area contributed by atoms with Crippen LogP contribution in [0.25, 0.3) is 0 Å². The first-order valence-electron chi connectivity index (χ1n) is 6.76. The van der Waals surface area contributed by atoms with Crippen LogP contribution in [0.5, 0.6) is 0 Å². The Kier molecular flexibility index (Phi) is 4.13. The van der Waals surface area contributed by atoms with E-state index in [9.17, 15) is 9.59 Å². The fourth-order valence-electron chi connectivity index (χ4n) is 2.53. The minimum Gasteiger partial charge on any atom is -0.481 e. The predicted octanol–water partition coefficient (Wildman–Crippen LogP) is 2.42. The SMILES string of the molecule is CC(C)(C)c1ncsc1C(=O)N[C@@H]1CC[C@H](C(=O)O)C1. The molecule has 1 heterocycles. The molecule has 0 unspecified atom stereocenters. The van der Waals surface area contributed by atoms with E-state index in [0.29, 0.717) is 17.7 Å². The van der Waals surface area contributed by atoms with Crippen LogP contribution in [-0.4, -0.2) is 28.0 Å². The number of carboxylic acid groups (broad SMARTS) is 1. The van der Waals surface area contributed by atoms with E-state index in [1.165, 1.54) is 11.3 Å². The molecule has 0 aliphatic heterocycles. The van der Waals surface area contributed by atoms with Gasteiger partial charge in [0.15, 0.2) is 0 Å². The van der Waals surface area contributed by atoms with Crippen LogP contribution in [0.2, 0.25) is 0 Å². The molecule has 1 fully saturated rings. The van der Waals surface area contributed by atoms with E-state index in [4.69, 9.17) is 5.11 Å². The molecule has 0 radical (unpaired) electrons. The van der Waals surface area contributed by atoms with Gasteiger partial charge in [-0.2, -0.15) is 0 Å². The van der Waals surface area contributed by atoms with Crippen molar-refractivity contribution in [1.82, 2.24) is 10.3 Å². The van der Waals surface area contributed by atoms with E-state index in [0.717, 1.165) is 12.1 Å². The van der Waals surface area contributed by atoms with Crippen LogP contribution in [0.15, 0.2) is 5.51 Å². The van der Waals surface area contributed by atoms with Crippen LogP contribution in [-0.2, 0) is 10.2 Å². The summed E-state index contributed by atoms with van der Waals surface area (Å²) in [6.45, 7) is 6.07. The number of hydrogen-bond donors (Lipinski definition) is 2. The lowest BCUT2D eigenvalue weighted by Gasteiger charge is -2.18. The molecule has 20 heavy (non-hydrogen) atoms. The standard InChI is InChI=1S/C14H20N2O3S/c1-14(2,3)11-10(20-7-15-11)12(17)16-9-5-4-8(6-9)13(18)19/h7-9H,4-6H2,1-3H3,(H,16,17)(H,18,19)/t8-,9+/m0/s1. The van der Waals surface area contributed by atoms with E-state index >= 15 is 0 Å². The molecule has 0 saturated heterocycles. The van der Waals surface area contributed by atoms with Gasteiger partial charge < -0.3 is 10.4 Å². The molecule has 0 bridgehead atoms. The van der Waals surface area contributed by atoms with Crippen LogP contribution in [0.1, 0.15) is 55.4 Å². The van der Waals surface area contributed by atoms with Crippen LogP contribution < -0.4 is 5.32 Å². The molecule has 6 heteroatoms. The third kappa shape index (κ3) is 3.17. The molecule has 2 atom stereocenters. The van der Waals surface area contributed by atoms with Crippen molar-refractivity contribution in [1.29, 1.82) is 0 Å². The number of nitrogens with zero attached hydrogens (tertiary/aromatic N) is 1. The van der Waals surface area contributed by atoms with Gasteiger partial charge in [-0.25, -0.2) is 4.98 Å². The Morgan fingerprint density at radius 2 is 2.10 bits per heavy atom. The number of nitrogens with one attached hydrogen (secondary N) is 1. The highest BCUT2D eigenvalue weighted by Crippen LogP contribution is 2.29. The Morgan fingerprint density at radius 1 is 1.40 bits per heavy atom. The van der Waals surface area contributed by atoms with Gasteiger partial charge in [0.05, 0.1) is 17.1 Å². The number of carbonyl (C=O) groups is 2.